The highest BCUT2D eigenvalue weighted by Crippen LogP contribution is 2.33. The first-order valence-electron chi connectivity index (χ1n) is 6.13. The maximum atomic E-state index is 11.3. The molecule has 0 fully saturated rings. The van der Waals surface area contributed by atoms with Crippen LogP contribution in [0.2, 0.25) is 10.0 Å². The van der Waals surface area contributed by atoms with E-state index in [0.717, 1.165) is 0 Å². The fourth-order valence-electron chi connectivity index (χ4n) is 1.89. The van der Waals surface area contributed by atoms with E-state index >= 15 is 0 Å². The zero-order valence-electron chi connectivity index (χ0n) is 11.8. The lowest BCUT2D eigenvalue weighted by Crippen LogP contribution is -2.46. The molecule has 0 saturated carbocycles. The lowest BCUT2D eigenvalue weighted by molar-refractivity contribution is -0.385. The van der Waals surface area contributed by atoms with Crippen LogP contribution in [0.3, 0.4) is 0 Å². The Morgan fingerprint density at radius 3 is 2.43 bits per heavy atom. The minimum absolute atomic E-state index is 0.0522. The van der Waals surface area contributed by atoms with E-state index in [1.54, 1.807) is 20.8 Å². The average molecular weight is 335 g/mol. The van der Waals surface area contributed by atoms with Crippen LogP contribution < -0.4 is 5.32 Å². The van der Waals surface area contributed by atoms with Gasteiger partial charge in [-0.25, -0.2) is 0 Å². The van der Waals surface area contributed by atoms with E-state index in [0.29, 0.717) is 0 Å². The Hall–Kier alpha value is -1.37. The first-order valence-corrected chi connectivity index (χ1v) is 6.88. The van der Waals surface area contributed by atoms with Gasteiger partial charge in [0.1, 0.15) is 6.04 Å². The molecule has 6 nitrogen and oxygen atoms in total. The third kappa shape index (κ3) is 4.30. The Morgan fingerprint density at radius 2 is 2.00 bits per heavy atom. The van der Waals surface area contributed by atoms with Crippen LogP contribution in [0.15, 0.2) is 12.1 Å². The summed E-state index contributed by atoms with van der Waals surface area (Å²) in [5, 5.41) is 23.3. The molecule has 1 unspecified atom stereocenters. The molecule has 0 radical (unpaired) electrons. The predicted octanol–water partition coefficient (Wildman–Crippen LogP) is 3.49. The Bertz CT molecular complexity index is 570. The lowest BCUT2D eigenvalue weighted by Gasteiger charge is -2.28. The Kier molecular flexibility index (Phi) is 5.55. The van der Waals surface area contributed by atoms with Gasteiger partial charge in [0.05, 0.1) is 20.5 Å². The van der Waals surface area contributed by atoms with Crippen LogP contribution in [-0.2, 0) is 11.3 Å². The SMILES string of the molecule is CC(C)(C)C(NCc1c([N+](=O)[O-])ccc(Cl)c1Cl)C(=O)O. The average Bonchev–Trinajstić information content (AvgIpc) is 2.32. The molecule has 0 aliphatic carbocycles. The van der Waals surface area contributed by atoms with Gasteiger partial charge < -0.3 is 5.11 Å². The highest BCUT2D eigenvalue weighted by Gasteiger charge is 2.31. The zero-order valence-corrected chi connectivity index (χ0v) is 13.3. The second-order valence-corrected chi connectivity index (χ2v) is 6.42. The highest BCUT2D eigenvalue weighted by atomic mass is 35.5. The standard InChI is InChI=1S/C13H16Cl2N2O4/c1-13(2,3)11(12(18)19)16-6-7-9(17(20)21)5-4-8(14)10(7)15/h4-5,11,16H,6H2,1-3H3,(H,18,19). The molecule has 0 spiro atoms. The normalized spacial score (nSPS) is 13.0. The van der Waals surface area contributed by atoms with E-state index in [1.807, 2.05) is 0 Å². The summed E-state index contributed by atoms with van der Waals surface area (Å²) in [5.41, 5.74) is -0.592. The van der Waals surface area contributed by atoms with Gasteiger partial charge in [0.15, 0.2) is 0 Å². The molecule has 1 aromatic rings. The summed E-state index contributed by atoms with van der Waals surface area (Å²) in [6.07, 6.45) is 0. The molecule has 0 bridgehead atoms. The summed E-state index contributed by atoms with van der Waals surface area (Å²) >= 11 is 11.9. The fraction of sp³-hybridized carbons (Fsp3) is 0.462. The van der Waals surface area contributed by atoms with Crippen molar-refractivity contribution in [3.63, 3.8) is 0 Å². The summed E-state index contributed by atoms with van der Waals surface area (Å²) in [6.45, 7) is 5.20. The number of nitrogens with one attached hydrogen (secondary N) is 1. The van der Waals surface area contributed by atoms with Crippen LogP contribution in [0.5, 0.6) is 0 Å². The molecule has 0 aliphatic heterocycles. The van der Waals surface area contributed by atoms with E-state index < -0.39 is 22.3 Å². The van der Waals surface area contributed by atoms with Gasteiger partial charge in [-0.1, -0.05) is 44.0 Å². The lowest BCUT2D eigenvalue weighted by atomic mass is 9.86. The van der Waals surface area contributed by atoms with Gasteiger partial charge in [-0.3, -0.25) is 20.2 Å². The quantitative estimate of drug-likeness (QED) is 0.635. The van der Waals surface area contributed by atoms with E-state index in [1.165, 1.54) is 12.1 Å². The second-order valence-electron chi connectivity index (χ2n) is 5.63. The molecule has 21 heavy (non-hydrogen) atoms. The number of hydrogen-bond donors (Lipinski definition) is 2. The Morgan fingerprint density at radius 1 is 1.43 bits per heavy atom. The van der Waals surface area contributed by atoms with Gasteiger partial charge in [0.2, 0.25) is 0 Å². The summed E-state index contributed by atoms with van der Waals surface area (Å²) < 4.78 is 0. The second kappa shape index (κ2) is 6.60. The van der Waals surface area contributed by atoms with Crippen molar-refractivity contribution >= 4 is 34.9 Å². The number of nitro benzene ring substituents is 1. The van der Waals surface area contributed by atoms with Crippen molar-refractivity contribution in [2.45, 2.75) is 33.4 Å². The molecule has 1 aromatic carbocycles. The fourth-order valence-corrected chi connectivity index (χ4v) is 2.29. The Labute approximate surface area is 132 Å². The molecule has 116 valence electrons. The van der Waals surface area contributed by atoms with E-state index in [2.05, 4.69) is 5.32 Å². The molecule has 0 amide bonds. The van der Waals surface area contributed by atoms with Crippen LogP contribution in [0, 0.1) is 15.5 Å². The molecule has 1 rings (SSSR count). The number of carboxylic acids is 1. The highest BCUT2D eigenvalue weighted by molar-refractivity contribution is 6.42. The third-order valence-electron chi connectivity index (χ3n) is 2.96. The van der Waals surface area contributed by atoms with Crippen LogP contribution in [0.25, 0.3) is 0 Å². The van der Waals surface area contributed by atoms with Gasteiger partial charge in [-0.05, 0) is 11.5 Å². The topological polar surface area (TPSA) is 92.5 Å². The molecule has 1 atom stereocenters. The van der Waals surface area contributed by atoms with Crippen molar-refractivity contribution in [1.82, 2.24) is 5.32 Å². The molecule has 0 aliphatic rings. The first-order chi connectivity index (χ1) is 9.55. The van der Waals surface area contributed by atoms with Gasteiger partial charge in [0, 0.05) is 12.6 Å². The van der Waals surface area contributed by atoms with Gasteiger partial charge >= 0.3 is 5.97 Å². The van der Waals surface area contributed by atoms with Crippen LogP contribution >= 0.6 is 23.2 Å². The predicted molar refractivity (Wildman–Crippen MR) is 80.8 cm³/mol. The number of nitro groups is 1. The number of halogens is 2. The minimum atomic E-state index is -1.04. The largest absolute Gasteiger partial charge is 0.480 e. The molecular formula is C13H16Cl2N2O4. The first kappa shape index (κ1) is 17.7. The van der Waals surface area contributed by atoms with Gasteiger partial charge in [-0.2, -0.15) is 0 Å². The van der Waals surface area contributed by atoms with Crippen molar-refractivity contribution in [3.8, 4) is 0 Å². The monoisotopic (exact) mass is 334 g/mol. The van der Waals surface area contributed by atoms with Gasteiger partial charge in [-0.15, -0.1) is 0 Å². The maximum Gasteiger partial charge on any atom is 0.321 e. The molecule has 0 aromatic heterocycles. The summed E-state index contributed by atoms with van der Waals surface area (Å²) in [7, 11) is 0. The Balaban J connectivity index is 3.10. The van der Waals surface area contributed by atoms with E-state index in [4.69, 9.17) is 23.2 Å². The number of aliphatic carboxylic acids is 1. The maximum absolute atomic E-state index is 11.3. The number of hydrogen-bond acceptors (Lipinski definition) is 4. The number of benzene rings is 1. The summed E-state index contributed by atoms with van der Waals surface area (Å²) in [5.74, 6) is -1.04. The summed E-state index contributed by atoms with van der Waals surface area (Å²) in [6, 6.07) is 1.70. The zero-order chi connectivity index (χ0) is 16.4. The van der Waals surface area contributed by atoms with Crippen LogP contribution in [0.4, 0.5) is 5.69 Å². The number of rotatable bonds is 5. The van der Waals surface area contributed by atoms with E-state index in [-0.39, 0.29) is 27.8 Å². The van der Waals surface area contributed by atoms with Crippen molar-refractivity contribution < 1.29 is 14.8 Å². The summed E-state index contributed by atoms with van der Waals surface area (Å²) in [4.78, 5) is 21.7. The molecular weight excluding hydrogens is 319 g/mol. The molecule has 8 heteroatoms. The number of carboxylic acid groups (broad SMARTS) is 1. The molecule has 0 saturated heterocycles. The number of carbonyl (C=O) groups is 1. The van der Waals surface area contributed by atoms with Crippen molar-refractivity contribution in [3.05, 3.63) is 37.9 Å². The molecule has 2 N–H and O–H groups in total. The number of nitrogens with zero attached hydrogens (tertiary/aromatic N) is 1. The van der Waals surface area contributed by atoms with Gasteiger partial charge in [0.25, 0.3) is 5.69 Å². The van der Waals surface area contributed by atoms with Crippen LogP contribution in [-0.4, -0.2) is 22.0 Å². The van der Waals surface area contributed by atoms with Crippen molar-refractivity contribution in [2.75, 3.05) is 0 Å². The van der Waals surface area contributed by atoms with Crippen molar-refractivity contribution in [1.29, 1.82) is 0 Å². The van der Waals surface area contributed by atoms with Crippen molar-refractivity contribution in [2.24, 2.45) is 5.41 Å². The third-order valence-corrected chi connectivity index (χ3v) is 3.81. The van der Waals surface area contributed by atoms with Crippen LogP contribution in [0.1, 0.15) is 26.3 Å². The molecule has 0 heterocycles. The van der Waals surface area contributed by atoms with E-state index in [9.17, 15) is 20.0 Å². The minimum Gasteiger partial charge on any atom is -0.480 e. The smallest absolute Gasteiger partial charge is 0.321 e.